The van der Waals surface area contributed by atoms with Crippen LogP contribution in [0.4, 0.5) is 0 Å². The van der Waals surface area contributed by atoms with Gasteiger partial charge in [0.2, 0.25) is 5.91 Å². The summed E-state index contributed by atoms with van der Waals surface area (Å²) in [7, 11) is 0. The lowest BCUT2D eigenvalue weighted by molar-refractivity contribution is -0.140. The number of halogens is 1. The minimum absolute atomic E-state index is 0.00623. The standard InChI is InChI=1S/C16H20ClNO3/c17-14-3-1-13(2-4-14)16(20)6-8-18(9-7-16)15(19)12-5-10-21-11-12/h1-4,12,20H,5-11H2/t12-/m1/s1. The number of benzene rings is 1. The van der Waals surface area contributed by atoms with Gasteiger partial charge in [-0.05, 0) is 37.0 Å². The SMILES string of the molecule is O=C([C@@H]1CCOC1)N1CCC(O)(c2ccc(Cl)cc2)CC1. The maximum atomic E-state index is 12.3. The second-order valence-electron chi connectivity index (χ2n) is 5.92. The van der Waals surface area contributed by atoms with Crippen molar-refractivity contribution in [1.82, 2.24) is 4.90 Å². The summed E-state index contributed by atoms with van der Waals surface area (Å²) in [6.45, 7) is 2.40. The van der Waals surface area contributed by atoms with Crippen LogP contribution in [-0.4, -0.2) is 42.2 Å². The summed E-state index contributed by atoms with van der Waals surface area (Å²) in [6, 6.07) is 7.32. The Hall–Kier alpha value is -1.10. The average Bonchev–Trinajstić information content (AvgIpc) is 3.02. The molecule has 1 aromatic carbocycles. The summed E-state index contributed by atoms with van der Waals surface area (Å²) in [5.41, 5.74) is 0.0243. The van der Waals surface area contributed by atoms with Gasteiger partial charge in [0, 0.05) is 24.7 Å². The van der Waals surface area contributed by atoms with E-state index in [1.807, 2.05) is 17.0 Å². The number of carbonyl (C=O) groups excluding carboxylic acids is 1. The van der Waals surface area contributed by atoms with E-state index in [0.717, 1.165) is 12.0 Å². The summed E-state index contributed by atoms with van der Waals surface area (Å²) >= 11 is 5.89. The Morgan fingerprint density at radius 3 is 2.52 bits per heavy atom. The molecule has 4 nitrogen and oxygen atoms in total. The van der Waals surface area contributed by atoms with Crippen LogP contribution in [0.2, 0.25) is 5.02 Å². The second kappa shape index (κ2) is 5.95. The van der Waals surface area contributed by atoms with Gasteiger partial charge in [0.1, 0.15) is 0 Å². The number of nitrogens with zero attached hydrogens (tertiary/aromatic N) is 1. The molecule has 2 fully saturated rings. The van der Waals surface area contributed by atoms with Crippen LogP contribution >= 0.6 is 11.6 Å². The number of amides is 1. The van der Waals surface area contributed by atoms with Gasteiger partial charge < -0.3 is 14.7 Å². The largest absolute Gasteiger partial charge is 0.385 e. The van der Waals surface area contributed by atoms with Crippen molar-refractivity contribution in [2.45, 2.75) is 24.9 Å². The lowest BCUT2D eigenvalue weighted by Crippen LogP contribution is -2.47. The first-order valence-electron chi connectivity index (χ1n) is 7.43. The number of rotatable bonds is 2. The van der Waals surface area contributed by atoms with Gasteiger partial charge in [0.05, 0.1) is 18.1 Å². The van der Waals surface area contributed by atoms with Crippen LogP contribution in [-0.2, 0) is 15.1 Å². The third-order valence-electron chi connectivity index (χ3n) is 4.56. The van der Waals surface area contributed by atoms with E-state index in [-0.39, 0.29) is 11.8 Å². The maximum absolute atomic E-state index is 12.3. The van der Waals surface area contributed by atoms with Crippen molar-refractivity contribution in [3.05, 3.63) is 34.9 Å². The molecule has 1 aromatic rings. The van der Waals surface area contributed by atoms with Crippen LogP contribution in [0.5, 0.6) is 0 Å². The fourth-order valence-corrected chi connectivity index (χ4v) is 3.26. The molecule has 0 bridgehead atoms. The highest BCUT2D eigenvalue weighted by atomic mass is 35.5. The van der Waals surface area contributed by atoms with Gasteiger partial charge in [-0.2, -0.15) is 0 Å². The van der Waals surface area contributed by atoms with E-state index in [1.54, 1.807) is 12.1 Å². The minimum atomic E-state index is -0.854. The van der Waals surface area contributed by atoms with E-state index >= 15 is 0 Å². The number of ether oxygens (including phenoxy) is 1. The maximum Gasteiger partial charge on any atom is 0.228 e. The molecule has 5 heteroatoms. The summed E-state index contributed by atoms with van der Waals surface area (Å²) in [5, 5.41) is 11.5. The minimum Gasteiger partial charge on any atom is -0.385 e. The summed E-state index contributed by atoms with van der Waals surface area (Å²) in [5.74, 6) is 0.178. The van der Waals surface area contributed by atoms with Crippen molar-refractivity contribution in [2.24, 2.45) is 5.92 Å². The smallest absolute Gasteiger partial charge is 0.228 e. The molecular formula is C16H20ClNO3. The topological polar surface area (TPSA) is 49.8 Å². The van der Waals surface area contributed by atoms with Crippen molar-refractivity contribution in [3.63, 3.8) is 0 Å². The van der Waals surface area contributed by atoms with E-state index in [4.69, 9.17) is 16.3 Å². The third-order valence-corrected chi connectivity index (χ3v) is 4.81. The molecule has 0 aliphatic carbocycles. The molecule has 114 valence electrons. The number of hydrogen-bond acceptors (Lipinski definition) is 3. The van der Waals surface area contributed by atoms with Gasteiger partial charge in [0.15, 0.2) is 0 Å². The Kier molecular flexibility index (Phi) is 4.20. The monoisotopic (exact) mass is 309 g/mol. The molecule has 3 rings (SSSR count). The van der Waals surface area contributed by atoms with Crippen molar-refractivity contribution in [1.29, 1.82) is 0 Å². The molecule has 2 aliphatic heterocycles. The van der Waals surface area contributed by atoms with Crippen molar-refractivity contribution in [3.8, 4) is 0 Å². The molecule has 1 N–H and O–H groups in total. The molecule has 1 amide bonds. The average molecular weight is 310 g/mol. The molecule has 21 heavy (non-hydrogen) atoms. The third kappa shape index (κ3) is 3.07. The Morgan fingerprint density at radius 1 is 1.29 bits per heavy atom. The Morgan fingerprint density at radius 2 is 1.95 bits per heavy atom. The fourth-order valence-electron chi connectivity index (χ4n) is 3.13. The van der Waals surface area contributed by atoms with Gasteiger partial charge in [-0.1, -0.05) is 23.7 Å². The lowest BCUT2D eigenvalue weighted by atomic mass is 9.84. The summed E-state index contributed by atoms with van der Waals surface area (Å²) < 4.78 is 5.28. The van der Waals surface area contributed by atoms with E-state index in [0.29, 0.717) is 44.2 Å². The molecule has 1 atom stereocenters. The van der Waals surface area contributed by atoms with Gasteiger partial charge in [-0.3, -0.25) is 4.79 Å². The molecule has 0 saturated carbocycles. The van der Waals surface area contributed by atoms with Crippen molar-refractivity contribution >= 4 is 17.5 Å². The Balaban J connectivity index is 1.63. The number of likely N-dealkylation sites (tertiary alicyclic amines) is 1. The number of carbonyl (C=O) groups is 1. The van der Waals surface area contributed by atoms with E-state index in [1.165, 1.54) is 0 Å². The van der Waals surface area contributed by atoms with Gasteiger partial charge >= 0.3 is 0 Å². The highest BCUT2D eigenvalue weighted by Crippen LogP contribution is 2.34. The van der Waals surface area contributed by atoms with Crippen LogP contribution in [0.15, 0.2) is 24.3 Å². The quantitative estimate of drug-likeness (QED) is 0.911. The normalized spacial score (nSPS) is 25.0. The zero-order chi connectivity index (χ0) is 14.9. The predicted molar refractivity (Wildman–Crippen MR) is 80.1 cm³/mol. The highest BCUT2D eigenvalue weighted by Gasteiger charge is 2.37. The fraction of sp³-hybridized carbons (Fsp3) is 0.562. The first kappa shape index (κ1) is 14.8. The molecule has 0 aromatic heterocycles. The van der Waals surface area contributed by atoms with Gasteiger partial charge in [0.25, 0.3) is 0 Å². The van der Waals surface area contributed by atoms with Gasteiger partial charge in [-0.25, -0.2) is 0 Å². The first-order chi connectivity index (χ1) is 10.1. The van der Waals surface area contributed by atoms with E-state index < -0.39 is 5.60 Å². The number of aliphatic hydroxyl groups is 1. The molecule has 2 saturated heterocycles. The summed E-state index contributed by atoms with van der Waals surface area (Å²) in [6.07, 6.45) is 1.94. The van der Waals surface area contributed by atoms with Crippen LogP contribution in [0.1, 0.15) is 24.8 Å². The van der Waals surface area contributed by atoms with Crippen LogP contribution < -0.4 is 0 Å². The second-order valence-corrected chi connectivity index (χ2v) is 6.36. The first-order valence-corrected chi connectivity index (χ1v) is 7.81. The van der Waals surface area contributed by atoms with Crippen LogP contribution in [0, 0.1) is 5.92 Å². The number of piperidine rings is 1. The zero-order valence-corrected chi connectivity index (χ0v) is 12.7. The molecular weight excluding hydrogens is 290 g/mol. The van der Waals surface area contributed by atoms with Crippen molar-refractivity contribution in [2.75, 3.05) is 26.3 Å². The molecule has 0 radical (unpaired) electrons. The van der Waals surface area contributed by atoms with Crippen molar-refractivity contribution < 1.29 is 14.6 Å². The molecule has 2 heterocycles. The molecule has 0 unspecified atom stereocenters. The van der Waals surface area contributed by atoms with E-state index in [9.17, 15) is 9.90 Å². The predicted octanol–water partition coefficient (Wildman–Crippen LogP) is 2.19. The molecule has 2 aliphatic rings. The number of hydrogen-bond donors (Lipinski definition) is 1. The highest BCUT2D eigenvalue weighted by molar-refractivity contribution is 6.30. The Labute approximate surface area is 129 Å². The Bertz CT molecular complexity index is 503. The lowest BCUT2D eigenvalue weighted by Gasteiger charge is -2.39. The zero-order valence-electron chi connectivity index (χ0n) is 11.9. The van der Waals surface area contributed by atoms with E-state index in [2.05, 4.69) is 0 Å². The summed E-state index contributed by atoms with van der Waals surface area (Å²) in [4.78, 5) is 14.2. The van der Waals surface area contributed by atoms with Crippen LogP contribution in [0.25, 0.3) is 0 Å². The molecule has 0 spiro atoms. The van der Waals surface area contributed by atoms with Crippen LogP contribution in [0.3, 0.4) is 0 Å². The van der Waals surface area contributed by atoms with Gasteiger partial charge in [-0.15, -0.1) is 0 Å².